The number of rotatable bonds is 6. The van der Waals surface area contributed by atoms with Gasteiger partial charge in [-0.05, 0) is 19.1 Å². The number of benzene rings is 1. The van der Waals surface area contributed by atoms with E-state index in [2.05, 4.69) is 20.7 Å². The summed E-state index contributed by atoms with van der Waals surface area (Å²) in [5.41, 5.74) is 0.0779. The van der Waals surface area contributed by atoms with Crippen LogP contribution in [0.3, 0.4) is 0 Å². The molecule has 0 saturated carbocycles. The van der Waals surface area contributed by atoms with Crippen molar-refractivity contribution in [2.45, 2.75) is 25.9 Å². The van der Waals surface area contributed by atoms with Gasteiger partial charge in [0.05, 0.1) is 31.3 Å². The van der Waals surface area contributed by atoms with Gasteiger partial charge in [-0.2, -0.15) is 4.80 Å². The van der Waals surface area contributed by atoms with Crippen molar-refractivity contribution in [1.82, 2.24) is 30.4 Å². The second-order valence-electron chi connectivity index (χ2n) is 7.65. The summed E-state index contributed by atoms with van der Waals surface area (Å²) in [6.45, 7) is 4.37. The Hall–Kier alpha value is -2.85. The number of amides is 2. The van der Waals surface area contributed by atoms with Gasteiger partial charge < -0.3 is 20.1 Å². The summed E-state index contributed by atoms with van der Waals surface area (Å²) in [5.74, 6) is -0.544. The summed E-state index contributed by atoms with van der Waals surface area (Å²) in [4.78, 5) is 28.1. The Morgan fingerprint density at radius 2 is 2.07 bits per heavy atom. The Balaban J connectivity index is 1.62. The number of aliphatic hydroxyl groups is 1. The molecular formula is C19H26N6O4. The molecule has 2 heterocycles. The van der Waals surface area contributed by atoms with Crippen molar-refractivity contribution in [1.29, 1.82) is 0 Å². The lowest BCUT2D eigenvalue weighted by atomic mass is 10.0. The summed E-state index contributed by atoms with van der Waals surface area (Å²) >= 11 is 0. The molecule has 0 radical (unpaired) electrons. The molecule has 1 aromatic heterocycles. The zero-order chi connectivity index (χ0) is 20.9. The van der Waals surface area contributed by atoms with Crippen molar-refractivity contribution in [3.8, 4) is 11.4 Å². The van der Waals surface area contributed by atoms with Crippen LogP contribution in [0.15, 0.2) is 30.3 Å². The molecule has 1 aliphatic rings. The van der Waals surface area contributed by atoms with Crippen LogP contribution in [0, 0.1) is 5.92 Å². The highest BCUT2D eigenvalue weighted by atomic mass is 16.5. The topological polar surface area (TPSA) is 122 Å². The third-order valence-electron chi connectivity index (χ3n) is 4.61. The Bertz CT molecular complexity index is 838. The van der Waals surface area contributed by atoms with E-state index in [1.54, 1.807) is 18.7 Å². The quantitative estimate of drug-likeness (QED) is 0.680. The second-order valence-corrected chi connectivity index (χ2v) is 7.65. The number of carbonyl (C=O) groups excluding carboxylic acids is 2. The Morgan fingerprint density at radius 1 is 1.31 bits per heavy atom. The summed E-state index contributed by atoms with van der Waals surface area (Å²) in [5, 5.41) is 24.3. The zero-order valence-electron chi connectivity index (χ0n) is 16.6. The van der Waals surface area contributed by atoms with E-state index in [0.29, 0.717) is 19.0 Å². The van der Waals surface area contributed by atoms with Crippen LogP contribution in [0.2, 0.25) is 0 Å². The van der Waals surface area contributed by atoms with Gasteiger partial charge in [0.25, 0.3) is 0 Å². The minimum atomic E-state index is -0.739. The van der Waals surface area contributed by atoms with Crippen LogP contribution >= 0.6 is 0 Å². The number of ether oxygens (including phenoxy) is 1. The van der Waals surface area contributed by atoms with E-state index in [1.807, 2.05) is 30.3 Å². The highest BCUT2D eigenvalue weighted by Crippen LogP contribution is 2.13. The minimum absolute atomic E-state index is 0.0731. The molecule has 0 bridgehead atoms. The summed E-state index contributed by atoms with van der Waals surface area (Å²) in [7, 11) is 0. The summed E-state index contributed by atoms with van der Waals surface area (Å²) < 4.78 is 5.50. The highest BCUT2D eigenvalue weighted by Gasteiger charge is 2.30. The number of hydrogen-bond acceptors (Lipinski definition) is 7. The lowest BCUT2D eigenvalue weighted by Gasteiger charge is -2.28. The van der Waals surface area contributed by atoms with Gasteiger partial charge >= 0.3 is 0 Å². The molecule has 1 unspecified atom stereocenters. The van der Waals surface area contributed by atoms with Crippen LogP contribution in [0.1, 0.15) is 13.8 Å². The molecule has 1 aliphatic heterocycles. The third-order valence-corrected chi connectivity index (χ3v) is 4.61. The van der Waals surface area contributed by atoms with Crippen LogP contribution in [0.5, 0.6) is 0 Å². The Kier molecular flexibility index (Phi) is 6.55. The van der Waals surface area contributed by atoms with Gasteiger partial charge in [0.15, 0.2) is 0 Å². The first-order valence-corrected chi connectivity index (χ1v) is 9.49. The molecule has 0 spiro atoms. The first-order chi connectivity index (χ1) is 13.9. The maximum atomic E-state index is 12.7. The van der Waals surface area contributed by atoms with Crippen LogP contribution in [0.4, 0.5) is 0 Å². The van der Waals surface area contributed by atoms with Crippen LogP contribution in [-0.2, 0) is 20.9 Å². The number of tetrazole rings is 1. The lowest BCUT2D eigenvalue weighted by molar-refractivity contribution is -0.134. The van der Waals surface area contributed by atoms with Crippen molar-refractivity contribution < 1.29 is 19.4 Å². The lowest BCUT2D eigenvalue weighted by Crippen LogP contribution is -2.51. The predicted octanol–water partition coefficient (Wildman–Crippen LogP) is -0.298. The van der Waals surface area contributed by atoms with Crippen molar-refractivity contribution in [2.24, 2.45) is 5.92 Å². The van der Waals surface area contributed by atoms with Gasteiger partial charge in [-0.3, -0.25) is 9.59 Å². The van der Waals surface area contributed by atoms with E-state index in [1.165, 1.54) is 4.80 Å². The predicted molar refractivity (Wildman–Crippen MR) is 103 cm³/mol. The number of nitrogens with one attached hydrogen (secondary N) is 1. The molecule has 10 heteroatoms. The zero-order valence-corrected chi connectivity index (χ0v) is 16.6. The van der Waals surface area contributed by atoms with Gasteiger partial charge in [0.1, 0.15) is 6.54 Å². The van der Waals surface area contributed by atoms with Crippen molar-refractivity contribution in [3.63, 3.8) is 0 Å². The van der Waals surface area contributed by atoms with Crippen molar-refractivity contribution in [2.75, 3.05) is 32.9 Å². The molecule has 1 atom stereocenters. The highest BCUT2D eigenvalue weighted by molar-refractivity contribution is 5.81. The number of carbonyl (C=O) groups is 2. The molecule has 1 aromatic carbocycles. The number of aromatic nitrogens is 4. The molecule has 0 aliphatic carbocycles. The maximum Gasteiger partial charge on any atom is 0.246 e. The van der Waals surface area contributed by atoms with Crippen molar-refractivity contribution >= 4 is 11.8 Å². The van der Waals surface area contributed by atoms with Gasteiger partial charge in [-0.15, -0.1) is 10.2 Å². The molecule has 3 rings (SSSR count). The molecule has 2 amide bonds. The average molecular weight is 402 g/mol. The second kappa shape index (κ2) is 9.10. The third kappa shape index (κ3) is 5.58. The monoisotopic (exact) mass is 402 g/mol. The number of hydrogen-bond donors (Lipinski definition) is 2. The fourth-order valence-electron chi connectivity index (χ4n) is 2.90. The molecule has 2 N–H and O–H groups in total. The van der Waals surface area contributed by atoms with Gasteiger partial charge in [0, 0.05) is 18.7 Å². The van der Waals surface area contributed by atoms with Gasteiger partial charge in [-0.25, -0.2) is 0 Å². The molecular weight excluding hydrogens is 376 g/mol. The van der Waals surface area contributed by atoms with Gasteiger partial charge in [-0.1, -0.05) is 30.3 Å². The Labute approximate surface area is 168 Å². The van der Waals surface area contributed by atoms with Crippen molar-refractivity contribution in [3.05, 3.63) is 30.3 Å². The molecule has 156 valence electrons. The molecule has 1 fully saturated rings. The fourth-order valence-corrected chi connectivity index (χ4v) is 2.90. The first kappa shape index (κ1) is 20.9. The maximum absolute atomic E-state index is 12.7. The number of nitrogens with zero attached hydrogens (tertiary/aromatic N) is 5. The van der Waals surface area contributed by atoms with Crippen LogP contribution in [-0.4, -0.2) is 80.5 Å². The molecule has 10 nitrogen and oxygen atoms in total. The van der Waals surface area contributed by atoms with E-state index in [4.69, 9.17) is 4.74 Å². The van der Waals surface area contributed by atoms with Crippen LogP contribution < -0.4 is 5.32 Å². The van der Waals surface area contributed by atoms with E-state index in [0.717, 1.165) is 5.56 Å². The largest absolute Gasteiger partial charge is 0.394 e. The van der Waals surface area contributed by atoms with E-state index >= 15 is 0 Å². The van der Waals surface area contributed by atoms with Crippen LogP contribution in [0.25, 0.3) is 11.4 Å². The van der Waals surface area contributed by atoms with Gasteiger partial charge in [0.2, 0.25) is 17.6 Å². The first-order valence-electron chi connectivity index (χ1n) is 9.49. The average Bonchev–Trinajstić information content (AvgIpc) is 3.02. The van der Waals surface area contributed by atoms with E-state index in [9.17, 15) is 14.7 Å². The fraction of sp³-hybridized carbons (Fsp3) is 0.526. The molecule has 1 saturated heterocycles. The summed E-state index contributed by atoms with van der Waals surface area (Å²) in [6.07, 6.45) is 0. The molecule has 2 aromatic rings. The summed E-state index contributed by atoms with van der Waals surface area (Å²) in [6, 6.07) is 9.38. The smallest absolute Gasteiger partial charge is 0.246 e. The number of aliphatic hydroxyl groups excluding tert-OH is 1. The van der Waals surface area contributed by atoms with E-state index < -0.39 is 11.5 Å². The molecule has 29 heavy (non-hydrogen) atoms. The minimum Gasteiger partial charge on any atom is -0.394 e. The Morgan fingerprint density at radius 3 is 2.79 bits per heavy atom. The SMILES string of the molecule is CC(C)(CO)NC(=O)C1COCCN(C(=O)Cn2nnc(-c3ccccc3)n2)C1. The normalized spacial score (nSPS) is 17.6. The van der Waals surface area contributed by atoms with E-state index in [-0.39, 0.29) is 38.1 Å². The standard InChI is InChI=1S/C19H26N6O4/c1-19(2,13-26)20-18(28)15-10-24(8-9-29-12-15)16(27)11-25-22-17(21-23-25)14-6-4-3-5-7-14/h3-7,15,26H,8-13H2,1-2H3,(H,20,28).